The second-order valence-corrected chi connectivity index (χ2v) is 5.25. The van der Waals surface area contributed by atoms with Crippen molar-refractivity contribution in [2.75, 3.05) is 18.4 Å². The number of unbranched alkanes of at least 4 members (excludes halogenated alkanes) is 1. The van der Waals surface area contributed by atoms with Gasteiger partial charge in [-0.3, -0.25) is 9.59 Å². The molecule has 2 rings (SSSR count). The number of carbonyl (C=O) groups is 2. The van der Waals surface area contributed by atoms with Gasteiger partial charge >= 0.3 is 0 Å². The zero-order valence-corrected chi connectivity index (χ0v) is 12.7. The number of hydrogen-bond donors (Lipinski definition) is 3. The largest absolute Gasteiger partial charge is 0.472 e. The molecule has 0 aromatic carbocycles. The van der Waals surface area contributed by atoms with E-state index in [1.54, 1.807) is 18.3 Å². The molecule has 2 heterocycles. The van der Waals surface area contributed by atoms with Crippen molar-refractivity contribution in [1.29, 1.82) is 0 Å². The number of carbonyl (C=O) groups excluding carboxylic acids is 2. The summed E-state index contributed by atoms with van der Waals surface area (Å²) in [5, 5.41) is 8.41. The maximum absolute atomic E-state index is 12.1. The lowest BCUT2D eigenvalue weighted by molar-refractivity contribution is -0.121. The van der Waals surface area contributed by atoms with E-state index in [2.05, 4.69) is 20.9 Å². The minimum absolute atomic E-state index is 0.170. The molecule has 120 valence electrons. The fourth-order valence-corrected chi connectivity index (χ4v) is 2.05. The summed E-state index contributed by atoms with van der Waals surface area (Å²) in [7, 11) is 0. The van der Waals surface area contributed by atoms with Crippen LogP contribution in [-0.4, -0.2) is 42.5 Å². The molecule has 0 bridgehead atoms. The van der Waals surface area contributed by atoms with E-state index >= 15 is 0 Å². The van der Waals surface area contributed by atoms with Crippen LogP contribution in [0, 0.1) is 0 Å². The molecule has 0 aliphatic carbocycles. The molecule has 7 nitrogen and oxygen atoms in total. The van der Waals surface area contributed by atoms with Crippen LogP contribution in [0.3, 0.4) is 0 Å². The van der Waals surface area contributed by atoms with E-state index in [1.807, 2.05) is 6.92 Å². The normalized spacial score (nSPS) is 15.5. The molecule has 1 saturated heterocycles. The molecule has 22 heavy (non-hydrogen) atoms. The van der Waals surface area contributed by atoms with Gasteiger partial charge in [-0.1, -0.05) is 19.8 Å². The van der Waals surface area contributed by atoms with Gasteiger partial charge in [0.1, 0.15) is 12.1 Å². The Bertz CT molecular complexity index is 488. The Kier molecular flexibility index (Phi) is 6.14. The number of aromatic nitrogens is 1. The van der Waals surface area contributed by atoms with Gasteiger partial charge in [0, 0.05) is 19.2 Å². The fraction of sp³-hybridized carbons (Fsp3) is 0.533. The zero-order chi connectivity index (χ0) is 15.8. The van der Waals surface area contributed by atoms with Gasteiger partial charge in [-0.05, 0) is 12.5 Å². The number of nitrogens with zero attached hydrogens (tertiary/aromatic N) is 1. The van der Waals surface area contributed by atoms with Crippen molar-refractivity contribution >= 4 is 18.0 Å². The maximum Gasteiger partial charge on any atom is 0.246 e. The third-order valence-corrected chi connectivity index (χ3v) is 3.47. The molecule has 1 aliphatic rings. The fourth-order valence-electron chi connectivity index (χ4n) is 2.05. The van der Waals surface area contributed by atoms with Gasteiger partial charge < -0.3 is 20.7 Å². The van der Waals surface area contributed by atoms with Crippen molar-refractivity contribution < 1.29 is 14.3 Å². The Balaban J connectivity index is 1.87. The lowest BCUT2D eigenvalue weighted by Gasteiger charge is -2.27. The first-order valence-electron chi connectivity index (χ1n) is 7.57. The smallest absolute Gasteiger partial charge is 0.246 e. The van der Waals surface area contributed by atoms with Gasteiger partial charge in [0.15, 0.2) is 0 Å². The van der Waals surface area contributed by atoms with Crippen LogP contribution in [0.15, 0.2) is 18.3 Å². The minimum Gasteiger partial charge on any atom is -0.472 e. The summed E-state index contributed by atoms with van der Waals surface area (Å²) in [5.41, 5.74) is 0.582. The average molecular weight is 306 g/mol. The molecule has 1 aliphatic heterocycles. The molecule has 2 amide bonds. The summed E-state index contributed by atoms with van der Waals surface area (Å²) >= 11 is 0. The highest BCUT2D eigenvalue weighted by atomic mass is 16.5. The maximum atomic E-state index is 12.1. The quantitative estimate of drug-likeness (QED) is 0.583. The van der Waals surface area contributed by atoms with Crippen LogP contribution in [-0.2, 0) is 9.59 Å². The van der Waals surface area contributed by atoms with Crippen molar-refractivity contribution in [2.24, 2.45) is 0 Å². The highest BCUT2D eigenvalue weighted by Crippen LogP contribution is 2.14. The predicted octanol–water partition coefficient (Wildman–Crippen LogP) is 0.676. The molecule has 3 N–H and O–H groups in total. The van der Waals surface area contributed by atoms with Crippen molar-refractivity contribution in [3.8, 4) is 5.88 Å². The van der Waals surface area contributed by atoms with E-state index in [0.717, 1.165) is 25.9 Å². The molecular weight excluding hydrogens is 284 g/mol. The Labute approximate surface area is 129 Å². The highest BCUT2D eigenvalue weighted by molar-refractivity contribution is 5.95. The second-order valence-electron chi connectivity index (χ2n) is 5.25. The van der Waals surface area contributed by atoms with Gasteiger partial charge in [-0.15, -0.1) is 0 Å². The molecule has 7 heteroatoms. The van der Waals surface area contributed by atoms with Crippen LogP contribution in [0.2, 0.25) is 0 Å². The van der Waals surface area contributed by atoms with E-state index < -0.39 is 6.04 Å². The summed E-state index contributed by atoms with van der Waals surface area (Å²) < 4.78 is 5.60. The molecule has 0 radical (unpaired) electrons. The molecule has 1 aromatic heterocycles. The van der Waals surface area contributed by atoms with Crippen molar-refractivity contribution in [1.82, 2.24) is 15.6 Å². The zero-order valence-electron chi connectivity index (χ0n) is 12.7. The first-order chi connectivity index (χ1) is 10.7. The van der Waals surface area contributed by atoms with Crippen molar-refractivity contribution in [3.05, 3.63) is 18.3 Å². The average Bonchev–Trinajstić information content (AvgIpc) is 2.48. The molecule has 1 fully saturated rings. The van der Waals surface area contributed by atoms with Crippen LogP contribution in [0.5, 0.6) is 5.88 Å². The standard InChI is InChI=1S/C15H22N4O3/c1-2-3-4-13(18-10-20)15(21)19-11-5-6-14(17-7-11)22-12-8-16-9-12/h5-7,10,12-13,16H,2-4,8-9H2,1H3,(H,18,20)(H,19,21). The molecule has 1 atom stereocenters. The first-order valence-corrected chi connectivity index (χ1v) is 7.57. The highest BCUT2D eigenvalue weighted by Gasteiger charge is 2.19. The third-order valence-electron chi connectivity index (χ3n) is 3.47. The lowest BCUT2D eigenvalue weighted by atomic mass is 10.1. The summed E-state index contributed by atoms with van der Waals surface area (Å²) in [4.78, 5) is 26.9. The Hall–Kier alpha value is -2.15. The number of pyridine rings is 1. The first kappa shape index (κ1) is 16.2. The van der Waals surface area contributed by atoms with Crippen LogP contribution in [0.25, 0.3) is 0 Å². The Morgan fingerprint density at radius 1 is 1.55 bits per heavy atom. The third kappa shape index (κ3) is 4.70. The number of hydrogen-bond acceptors (Lipinski definition) is 5. The van der Waals surface area contributed by atoms with Crippen LogP contribution in [0.1, 0.15) is 26.2 Å². The van der Waals surface area contributed by atoms with Crippen molar-refractivity contribution in [2.45, 2.75) is 38.3 Å². The molecular formula is C15H22N4O3. The van der Waals surface area contributed by atoms with Crippen molar-refractivity contribution in [3.63, 3.8) is 0 Å². The van der Waals surface area contributed by atoms with Gasteiger partial charge in [-0.2, -0.15) is 0 Å². The van der Waals surface area contributed by atoms with Gasteiger partial charge in [0.2, 0.25) is 18.2 Å². The lowest BCUT2D eigenvalue weighted by Crippen LogP contribution is -2.50. The molecule has 1 unspecified atom stereocenters. The molecule has 0 spiro atoms. The Morgan fingerprint density at radius 3 is 2.91 bits per heavy atom. The van der Waals surface area contributed by atoms with Gasteiger partial charge in [0.05, 0.1) is 11.9 Å². The van der Waals surface area contributed by atoms with E-state index in [1.165, 1.54) is 0 Å². The minimum atomic E-state index is -0.519. The summed E-state index contributed by atoms with van der Waals surface area (Å²) in [6, 6.07) is 2.95. The number of ether oxygens (including phenoxy) is 1. The predicted molar refractivity (Wildman–Crippen MR) is 82.7 cm³/mol. The number of amides is 2. The summed E-state index contributed by atoms with van der Waals surface area (Å²) in [6.45, 7) is 3.70. The monoisotopic (exact) mass is 306 g/mol. The van der Waals surface area contributed by atoms with E-state index in [-0.39, 0.29) is 12.0 Å². The van der Waals surface area contributed by atoms with Crippen LogP contribution >= 0.6 is 0 Å². The number of anilines is 1. The van der Waals surface area contributed by atoms with Gasteiger partial charge in [-0.25, -0.2) is 4.98 Å². The van der Waals surface area contributed by atoms with Gasteiger partial charge in [0.25, 0.3) is 0 Å². The SMILES string of the molecule is CCCCC(NC=O)C(=O)Nc1ccc(OC2CNC2)nc1. The van der Waals surface area contributed by atoms with E-state index in [9.17, 15) is 9.59 Å². The second kappa shape index (κ2) is 8.33. The summed E-state index contributed by atoms with van der Waals surface area (Å²) in [6.07, 6.45) is 4.74. The van der Waals surface area contributed by atoms with Crippen LogP contribution in [0.4, 0.5) is 5.69 Å². The molecule has 0 saturated carbocycles. The topological polar surface area (TPSA) is 92.4 Å². The summed E-state index contributed by atoms with van der Waals surface area (Å²) in [5.74, 6) is 0.303. The van der Waals surface area contributed by atoms with Crippen LogP contribution < -0.4 is 20.7 Å². The number of rotatable bonds is 9. The van der Waals surface area contributed by atoms with E-state index in [0.29, 0.717) is 24.4 Å². The Morgan fingerprint density at radius 2 is 2.36 bits per heavy atom. The molecule has 1 aromatic rings. The van der Waals surface area contributed by atoms with E-state index in [4.69, 9.17) is 4.74 Å². The number of nitrogens with one attached hydrogen (secondary N) is 3.